The Hall–Kier alpha value is -0.900. The SMILES string of the molecule is CCCNC(CCc1ccncc1)c1sccc1Cl. The van der Waals surface area contributed by atoms with Crippen LogP contribution in [0.5, 0.6) is 0 Å². The zero-order valence-electron chi connectivity index (χ0n) is 11.1. The van der Waals surface area contributed by atoms with E-state index in [1.54, 1.807) is 11.3 Å². The van der Waals surface area contributed by atoms with Crippen LogP contribution in [0.4, 0.5) is 0 Å². The van der Waals surface area contributed by atoms with Gasteiger partial charge in [-0.3, -0.25) is 4.98 Å². The number of aryl methyl sites for hydroxylation is 1. The summed E-state index contributed by atoms with van der Waals surface area (Å²) in [4.78, 5) is 5.31. The third kappa shape index (κ3) is 4.30. The molecule has 0 spiro atoms. The monoisotopic (exact) mass is 294 g/mol. The number of halogens is 1. The van der Waals surface area contributed by atoms with Crippen LogP contribution in [-0.4, -0.2) is 11.5 Å². The molecule has 0 saturated heterocycles. The van der Waals surface area contributed by atoms with Crippen molar-refractivity contribution in [3.63, 3.8) is 0 Å². The number of nitrogens with one attached hydrogen (secondary N) is 1. The van der Waals surface area contributed by atoms with Crippen LogP contribution in [-0.2, 0) is 6.42 Å². The zero-order valence-corrected chi connectivity index (χ0v) is 12.7. The van der Waals surface area contributed by atoms with Crippen LogP contribution in [0, 0.1) is 0 Å². The molecule has 0 saturated carbocycles. The van der Waals surface area contributed by atoms with Gasteiger partial charge in [0.2, 0.25) is 0 Å². The normalized spacial score (nSPS) is 12.5. The van der Waals surface area contributed by atoms with E-state index in [2.05, 4.69) is 34.7 Å². The van der Waals surface area contributed by atoms with Gasteiger partial charge in [-0.25, -0.2) is 0 Å². The van der Waals surface area contributed by atoms with Gasteiger partial charge in [0.25, 0.3) is 0 Å². The Morgan fingerprint density at radius 2 is 2.11 bits per heavy atom. The molecule has 4 heteroatoms. The van der Waals surface area contributed by atoms with Crippen molar-refractivity contribution in [2.24, 2.45) is 0 Å². The smallest absolute Gasteiger partial charge is 0.0561 e. The standard InChI is InChI=1S/C15H19ClN2S/c1-2-8-18-14(15-13(16)7-11-19-15)4-3-12-5-9-17-10-6-12/h5-7,9-11,14,18H,2-4,8H2,1H3. The molecule has 2 aromatic heterocycles. The van der Waals surface area contributed by atoms with E-state index in [0.717, 1.165) is 30.8 Å². The number of aromatic nitrogens is 1. The van der Waals surface area contributed by atoms with Crippen LogP contribution in [0.3, 0.4) is 0 Å². The third-order valence-electron chi connectivity index (χ3n) is 3.07. The maximum atomic E-state index is 6.26. The second kappa shape index (κ2) is 7.63. The zero-order chi connectivity index (χ0) is 13.5. The van der Waals surface area contributed by atoms with Gasteiger partial charge < -0.3 is 5.32 Å². The van der Waals surface area contributed by atoms with E-state index in [0.29, 0.717) is 6.04 Å². The molecular weight excluding hydrogens is 276 g/mol. The molecule has 1 unspecified atom stereocenters. The van der Waals surface area contributed by atoms with Gasteiger partial charge >= 0.3 is 0 Å². The van der Waals surface area contributed by atoms with Crippen molar-refractivity contribution in [3.8, 4) is 0 Å². The molecule has 0 amide bonds. The van der Waals surface area contributed by atoms with Crippen molar-refractivity contribution in [3.05, 3.63) is 51.4 Å². The van der Waals surface area contributed by atoms with Crippen LogP contribution in [0.2, 0.25) is 5.02 Å². The summed E-state index contributed by atoms with van der Waals surface area (Å²) in [6.45, 7) is 3.21. The van der Waals surface area contributed by atoms with Gasteiger partial charge in [-0.2, -0.15) is 0 Å². The molecule has 0 radical (unpaired) electrons. The van der Waals surface area contributed by atoms with Gasteiger partial charge in [-0.05, 0) is 54.9 Å². The van der Waals surface area contributed by atoms with Crippen molar-refractivity contribution in [1.29, 1.82) is 0 Å². The molecule has 0 fully saturated rings. The minimum absolute atomic E-state index is 0.348. The molecule has 2 aromatic rings. The molecule has 0 aliphatic rings. The van der Waals surface area contributed by atoms with E-state index in [-0.39, 0.29) is 0 Å². The molecule has 1 atom stereocenters. The summed E-state index contributed by atoms with van der Waals surface area (Å²) in [6, 6.07) is 6.48. The summed E-state index contributed by atoms with van der Waals surface area (Å²) in [5, 5.41) is 6.54. The molecule has 0 aromatic carbocycles. The molecule has 2 heterocycles. The highest BCUT2D eigenvalue weighted by Crippen LogP contribution is 2.31. The summed E-state index contributed by atoms with van der Waals surface area (Å²) in [5.41, 5.74) is 1.32. The lowest BCUT2D eigenvalue weighted by Crippen LogP contribution is -2.22. The molecule has 1 N–H and O–H groups in total. The minimum Gasteiger partial charge on any atom is -0.309 e. The topological polar surface area (TPSA) is 24.9 Å². The summed E-state index contributed by atoms with van der Waals surface area (Å²) >= 11 is 7.99. The van der Waals surface area contributed by atoms with Crippen molar-refractivity contribution in [2.45, 2.75) is 32.2 Å². The predicted molar refractivity (Wildman–Crippen MR) is 82.9 cm³/mol. The summed E-state index contributed by atoms with van der Waals surface area (Å²) in [7, 11) is 0. The molecule has 0 aliphatic heterocycles. The Labute approximate surface area is 123 Å². The Balaban J connectivity index is 2.00. The molecule has 102 valence electrons. The lowest BCUT2D eigenvalue weighted by Gasteiger charge is -2.17. The minimum atomic E-state index is 0.348. The maximum absolute atomic E-state index is 6.26. The fourth-order valence-electron chi connectivity index (χ4n) is 2.06. The second-order valence-electron chi connectivity index (χ2n) is 4.53. The van der Waals surface area contributed by atoms with Gasteiger partial charge in [0.05, 0.1) is 5.02 Å². The van der Waals surface area contributed by atoms with Gasteiger partial charge in [-0.15, -0.1) is 11.3 Å². The maximum Gasteiger partial charge on any atom is 0.0561 e. The molecule has 2 rings (SSSR count). The van der Waals surface area contributed by atoms with Crippen molar-refractivity contribution in [2.75, 3.05) is 6.54 Å². The number of hydrogen-bond donors (Lipinski definition) is 1. The first-order chi connectivity index (χ1) is 9.31. The Morgan fingerprint density at radius 1 is 1.32 bits per heavy atom. The quantitative estimate of drug-likeness (QED) is 0.815. The fraction of sp³-hybridized carbons (Fsp3) is 0.400. The first kappa shape index (κ1) is 14.5. The van der Waals surface area contributed by atoms with Gasteiger partial charge in [0.15, 0.2) is 0 Å². The van der Waals surface area contributed by atoms with Crippen LogP contribution in [0.1, 0.15) is 36.2 Å². The fourth-order valence-corrected chi connectivity index (χ4v) is 3.36. The molecular formula is C15H19ClN2S. The highest BCUT2D eigenvalue weighted by molar-refractivity contribution is 7.10. The Morgan fingerprint density at radius 3 is 2.74 bits per heavy atom. The number of hydrogen-bond acceptors (Lipinski definition) is 3. The van der Waals surface area contributed by atoms with Crippen molar-refractivity contribution >= 4 is 22.9 Å². The third-order valence-corrected chi connectivity index (χ3v) is 4.55. The lowest BCUT2D eigenvalue weighted by molar-refractivity contribution is 0.506. The average Bonchev–Trinajstić information content (AvgIpc) is 2.86. The van der Waals surface area contributed by atoms with E-state index in [1.807, 2.05) is 18.5 Å². The largest absolute Gasteiger partial charge is 0.309 e. The average molecular weight is 295 g/mol. The van der Waals surface area contributed by atoms with E-state index in [1.165, 1.54) is 10.4 Å². The van der Waals surface area contributed by atoms with Gasteiger partial charge in [0.1, 0.15) is 0 Å². The molecule has 19 heavy (non-hydrogen) atoms. The first-order valence-electron chi connectivity index (χ1n) is 6.66. The summed E-state index contributed by atoms with van der Waals surface area (Å²) < 4.78 is 0. The number of rotatable bonds is 7. The van der Waals surface area contributed by atoms with E-state index >= 15 is 0 Å². The molecule has 2 nitrogen and oxygen atoms in total. The Kier molecular flexibility index (Phi) is 5.83. The van der Waals surface area contributed by atoms with E-state index in [9.17, 15) is 0 Å². The second-order valence-corrected chi connectivity index (χ2v) is 5.89. The van der Waals surface area contributed by atoms with E-state index < -0.39 is 0 Å². The predicted octanol–water partition coefficient (Wildman–Crippen LogP) is 4.47. The summed E-state index contributed by atoms with van der Waals surface area (Å²) in [6.07, 6.45) is 6.93. The van der Waals surface area contributed by atoms with Crippen molar-refractivity contribution < 1.29 is 0 Å². The summed E-state index contributed by atoms with van der Waals surface area (Å²) in [5.74, 6) is 0. The lowest BCUT2D eigenvalue weighted by atomic mass is 10.0. The number of pyridine rings is 1. The van der Waals surface area contributed by atoms with Crippen LogP contribution >= 0.6 is 22.9 Å². The van der Waals surface area contributed by atoms with Gasteiger partial charge in [0, 0.05) is 23.3 Å². The van der Waals surface area contributed by atoms with Crippen LogP contribution < -0.4 is 5.32 Å². The van der Waals surface area contributed by atoms with Crippen LogP contribution in [0.25, 0.3) is 0 Å². The highest BCUT2D eigenvalue weighted by atomic mass is 35.5. The number of thiophene rings is 1. The molecule has 0 aliphatic carbocycles. The highest BCUT2D eigenvalue weighted by Gasteiger charge is 2.15. The first-order valence-corrected chi connectivity index (χ1v) is 7.92. The molecule has 0 bridgehead atoms. The number of nitrogens with zero attached hydrogens (tertiary/aromatic N) is 1. The Bertz CT molecular complexity index is 484. The van der Waals surface area contributed by atoms with Crippen LogP contribution in [0.15, 0.2) is 36.0 Å². The van der Waals surface area contributed by atoms with E-state index in [4.69, 9.17) is 11.6 Å². The van der Waals surface area contributed by atoms with Gasteiger partial charge in [-0.1, -0.05) is 18.5 Å². The van der Waals surface area contributed by atoms with Crippen molar-refractivity contribution in [1.82, 2.24) is 10.3 Å².